The zero-order valence-corrected chi connectivity index (χ0v) is 15.5. The van der Waals surface area contributed by atoms with Crippen LogP contribution in [-0.4, -0.2) is 41.0 Å². The Bertz CT molecular complexity index is 1120. The highest BCUT2D eigenvalue weighted by Crippen LogP contribution is 2.25. The van der Waals surface area contributed by atoms with Crippen molar-refractivity contribution >= 4 is 34.3 Å². The number of benzene rings is 2. The third kappa shape index (κ3) is 4.38. The number of aromatic nitrogens is 2. The second kappa shape index (κ2) is 8.21. The average molecular weight is 396 g/mol. The van der Waals surface area contributed by atoms with Crippen LogP contribution in [0.1, 0.15) is 0 Å². The Morgan fingerprint density at radius 3 is 2.48 bits per heavy atom. The topological polar surface area (TPSA) is 136 Å². The second-order valence-electron chi connectivity index (χ2n) is 5.82. The minimum atomic E-state index is -0.724. The van der Waals surface area contributed by atoms with E-state index < -0.39 is 16.9 Å². The number of H-pyrrole nitrogens is 1. The molecule has 0 amide bonds. The van der Waals surface area contributed by atoms with Crippen molar-refractivity contribution in [2.24, 2.45) is 0 Å². The fraction of sp³-hybridized carbons (Fsp3) is 0.105. The summed E-state index contributed by atoms with van der Waals surface area (Å²) < 4.78 is 9.17. The fourth-order valence-electron chi connectivity index (χ4n) is 2.55. The quantitative estimate of drug-likeness (QED) is 0.281. The van der Waals surface area contributed by atoms with Crippen molar-refractivity contribution in [2.75, 3.05) is 19.5 Å². The van der Waals surface area contributed by atoms with Crippen molar-refractivity contribution < 1.29 is 24.0 Å². The normalized spacial score (nSPS) is 11.2. The second-order valence-corrected chi connectivity index (χ2v) is 5.82. The summed E-state index contributed by atoms with van der Waals surface area (Å²) in [5, 5.41) is 13.7. The van der Waals surface area contributed by atoms with Gasteiger partial charge in [0.05, 0.1) is 36.3 Å². The van der Waals surface area contributed by atoms with E-state index in [0.717, 1.165) is 11.6 Å². The minimum absolute atomic E-state index is 0.0278. The van der Waals surface area contributed by atoms with Gasteiger partial charge in [-0.25, -0.2) is 14.6 Å². The number of fused-ring (bicyclic) bond motifs is 1. The van der Waals surface area contributed by atoms with Gasteiger partial charge in [-0.05, 0) is 30.3 Å². The van der Waals surface area contributed by atoms with Gasteiger partial charge in [0.1, 0.15) is 11.5 Å². The maximum absolute atomic E-state index is 11.8. The molecule has 0 unspecified atom stereocenters. The molecule has 0 atom stereocenters. The largest absolute Gasteiger partial charge is 0.466 e. The lowest BCUT2D eigenvalue weighted by Crippen LogP contribution is -2.15. The van der Waals surface area contributed by atoms with E-state index in [-0.39, 0.29) is 11.4 Å². The highest BCUT2D eigenvalue weighted by Gasteiger charge is 2.14. The molecule has 0 aliphatic rings. The molecule has 0 bridgehead atoms. The van der Waals surface area contributed by atoms with Crippen molar-refractivity contribution in [1.29, 1.82) is 0 Å². The average Bonchev–Trinajstić information content (AvgIpc) is 3.16. The molecule has 0 spiro atoms. The highest BCUT2D eigenvalue weighted by atomic mass is 16.6. The van der Waals surface area contributed by atoms with Gasteiger partial charge in [0.15, 0.2) is 0 Å². The molecule has 0 saturated heterocycles. The first-order valence-corrected chi connectivity index (χ1v) is 8.31. The Morgan fingerprint density at radius 2 is 1.86 bits per heavy atom. The third-order valence-electron chi connectivity index (χ3n) is 3.98. The molecule has 2 aromatic carbocycles. The number of aromatic amines is 1. The molecule has 29 heavy (non-hydrogen) atoms. The number of rotatable bonds is 6. The molecule has 148 valence electrons. The number of hydrogen-bond donors (Lipinski definition) is 2. The van der Waals surface area contributed by atoms with Gasteiger partial charge in [0.2, 0.25) is 0 Å². The van der Waals surface area contributed by atoms with E-state index in [9.17, 15) is 19.7 Å². The number of methoxy groups -OCH3 is 2. The lowest BCUT2D eigenvalue weighted by molar-refractivity contribution is -0.384. The van der Waals surface area contributed by atoms with Gasteiger partial charge >= 0.3 is 11.9 Å². The van der Waals surface area contributed by atoms with Gasteiger partial charge < -0.3 is 19.8 Å². The number of non-ortho nitro benzene ring substituents is 1. The molecule has 0 fully saturated rings. The van der Waals surface area contributed by atoms with Gasteiger partial charge in [0, 0.05) is 23.4 Å². The number of anilines is 1. The maximum atomic E-state index is 11.8. The molecule has 0 saturated carbocycles. The lowest BCUT2D eigenvalue weighted by atomic mass is 10.2. The first-order valence-electron chi connectivity index (χ1n) is 8.31. The molecular weight excluding hydrogens is 380 g/mol. The van der Waals surface area contributed by atoms with E-state index in [1.807, 2.05) is 0 Å². The first kappa shape index (κ1) is 19.5. The van der Waals surface area contributed by atoms with Crippen LogP contribution in [0.5, 0.6) is 0 Å². The molecule has 10 nitrogen and oxygen atoms in total. The Kier molecular flexibility index (Phi) is 5.54. The van der Waals surface area contributed by atoms with Crippen LogP contribution in [0.4, 0.5) is 11.4 Å². The molecular formula is C19H16N4O6. The van der Waals surface area contributed by atoms with Crippen LogP contribution in [0.15, 0.2) is 54.2 Å². The maximum Gasteiger partial charge on any atom is 0.354 e. The Labute approximate surface area is 164 Å². The standard InChI is InChI=1S/C19H16N4O6/c1-28-17(24)10-16(19(25)29-2)20-12-5-3-11(4-6-12)18-21-14-8-7-13(23(26)27)9-15(14)22-18/h3-10,20H,1-2H3,(H,21,22)/b16-10+. The van der Waals surface area contributed by atoms with Crippen molar-refractivity contribution in [3.8, 4) is 11.4 Å². The number of imidazole rings is 1. The smallest absolute Gasteiger partial charge is 0.354 e. The molecule has 1 heterocycles. The fourth-order valence-corrected chi connectivity index (χ4v) is 2.55. The number of hydrogen-bond acceptors (Lipinski definition) is 8. The number of carbonyl (C=O) groups excluding carboxylic acids is 2. The summed E-state index contributed by atoms with van der Waals surface area (Å²) in [6.45, 7) is 0. The van der Waals surface area contributed by atoms with E-state index in [1.54, 1.807) is 30.3 Å². The van der Waals surface area contributed by atoms with Crippen molar-refractivity contribution in [3.05, 3.63) is 64.4 Å². The van der Waals surface area contributed by atoms with Crippen LogP contribution >= 0.6 is 0 Å². The highest BCUT2D eigenvalue weighted by molar-refractivity contribution is 5.98. The summed E-state index contributed by atoms with van der Waals surface area (Å²) >= 11 is 0. The Morgan fingerprint density at radius 1 is 1.14 bits per heavy atom. The lowest BCUT2D eigenvalue weighted by Gasteiger charge is -2.09. The molecule has 2 N–H and O–H groups in total. The number of carbonyl (C=O) groups is 2. The van der Waals surface area contributed by atoms with Gasteiger partial charge in [-0.3, -0.25) is 10.1 Å². The van der Waals surface area contributed by atoms with E-state index in [0.29, 0.717) is 22.5 Å². The third-order valence-corrected chi connectivity index (χ3v) is 3.98. The Hall–Kier alpha value is -4.21. The van der Waals surface area contributed by atoms with E-state index in [2.05, 4.69) is 24.8 Å². The molecule has 0 aliphatic carbocycles. The Balaban J connectivity index is 1.85. The summed E-state index contributed by atoms with van der Waals surface area (Å²) in [5.41, 5.74) is 2.29. The summed E-state index contributed by atoms with van der Waals surface area (Å²) in [4.78, 5) is 41.1. The molecule has 0 aliphatic heterocycles. The predicted molar refractivity (Wildman–Crippen MR) is 104 cm³/mol. The van der Waals surface area contributed by atoms with Crippen molar-refractivity contribution in [3.63, 3.8) is 0 Å². The predicted octanol–water partition coefficient (Wildman–Crippen LogP) is 2.78. The van der Waals surface area contributed by atoms with Crippen LogP contribution in [0.3, 0.4) is 0 Å². The van der Waals surface area contributed by atoms with Crippen LogP contribution < -0.4 is 5.32 Å². The number of nitrogens with zero attached hydrogens (tertiary/aromatic N) is 2. The zero-order valence-electron chi connectivity index (χ0n) is 15.5. The number of nitro groups is 1. The summed E-state index contributed by atoms with van der Waals surface area (Å²) in [5.74, 6) is -0.894. The SMILES string of the molecule is COC(=O)/C=C(/Nc1ccc(-c2nc3ccc([N+](=O)[O-])cc3[nH]2)cc1)C(=O)OC. The first-order chi connectivity index (χ1) is 13.9. The summed E-state index contributed by atoms with van der Waals surface area (Å²) in [6.07, 6.45) is 0.992. The minimum Gasteiger partial charge on any atom is -0.466 e. The number of nitro benzene ring substituents is 1. The van der Waals surface area contributed by atoms with Gasteiger partial charge in [-0.1, -0.05) is 0 Å². The van der Waals surface area contributed by atoms with E-state index in [4.69, 9.17) is 0 Å². The molecule has 3 rings (SSSR count). The zero-order chi connectivity index (χ0) is 21.0. The van der Waals surface area contributed by atoms with Crippen LogP contribution in [-0.2, 0) is 19.1 Å². The van der Waals surface area contributed by atoms with E-state index in [1.165, 1.54) is 26.4 Å². The van der Waals surface area contributed by atoms with Gasteiger partial charge in [0.25, 0.3) is 5.69 Å². The van der Waals surface area contributed by atoms with Crippen molar-refractivity contribution in [1.82, 2.24) is 9.97 Å². The number of ether oxygens (including phenoxy) is 2. The van der Waals surface area contributed by atoms with Gasteiger partial charge in [-0.2, -0.15) is 0 Å². The van der Waals surface area contributed by atoms with Crippen LogP contribution in [0.2, 0.25) is 0 Å². The number of nitrogens with one attached hydrogen (secondary N) is 2. The monoisotopic (exact) mass is 396 g/mol. The van der Waals surface area contributed by atoms with E-state index >= 15 is 0 Å². The molecule has 3 aromatic rings. The molecule has 1 aromatic heterocycles. The summed E-state index contributed by atoms with van der Waals surface area (Å²) in [7, 11) is 2.40. The number of esters is 2. The molecule has 10 heteroatoms. The van der Waals surface area contributed by atoms with Crippen LogP contribution in [0, 0.1) is 10.1 Å². The summed E-state index contributed by atoms with van der Waals surface area (Å²) in [6, 6.07) is 11.2. The molecule has 0 radical (unpaired) electrons. The van der Waals surface area contributed by atoms with Crippen molar-refractivity contribution in [2.45, 2.75) is 0 Å². The van der Waals surface area contributed by atoms with Gasteiger partial charge in [-0.15, -0.1) is 0 Å². The van der Waals surface area contributed by atoms with Crippen LogP contribution in [0.25, 0.3) is 22.4 Å².